The predicted octanol–water partition coefficient (Wildman–Crippen LogP) is 9.29. The van der Waals surface area contributed by atoms with E-state index in [0.29, 0.717) is 12.5 Å². The maximum absolute atomic E-state index is 14.7. The second-order valence-electron chi connectivity index (χ2n) is 15.4. The quantitative estimate of drug-likeness (QED) is 0.0237. The normalized spacial score (nSPS) is 19.5. The van der Waals surface area contributed by atoms with Crippen LogP contribution in [0.1, 0.15) is 122 Å². The molecule has 0 bridgehead atoms. The highest BCUT2D eigenvalue weighted by Crippen LogP contribution is 2.48. The number of anilines is 1. The van der Waals surface area contributed by atoms with Gasteiger partial charge >= 0.3 is 19.8 Å². The number of imidazole rings is 1. The number of fused-ring (bicyclic) bond motifs is 1. The molecule has 5 atom stereocenters. The van der Waals surface area contributed by atoms with Gasteiger partial charge in [0.05, 0.1) is 25.6 Å². The van der Waals surface area contributed by atoms with Crippen LogP contribution in [-0.4, -0.2) is 61.6 Å². The monoisotopic (exact) mass is 846 g/mol. The molecule has 0 radical (unpaired) electrons. The molecule has 1 unspecified atom stereocenters. The number of carbonyl (C=O) groups is 1. The number of ether oxygens (including phenoxy) is 2. The Labute approximate surface area is 344 Å². The number of aliphatic hydroxyl groups is 1. The summed E-state index contributed by atoms with van der Waals surface area (Å²) in [6, 6.07) is 9.45. The number of rotatable bonds is 26. The van der Waals surface area contributed by atoms with Crippen LogP contribution in [0.15, 0.2) is 54.9 Å². The lowest BCUT2D eigenvalue weighted by atomic mass is 10.0. The second kappa shape index (κ2) is 22.5. The van der Waals surface area contributed by atoms with Gasteiger partial charge < -0.3 is 24.8 Å². The largest absolute Gasteiger partial charge is 0.465 e. The summed E-state index contributed by atoms with van der Waals surface area (Å²) in [4.78, 5) is 25.1. The molecule has 17 heteroatoms. The number of para-hydroxylation sites is 1. The third kappa shape index (κ3) is 14.0. The van der Waals surface area contributed by atoms with E-state index in [2.05, 4.69) is 27.0 Å². The highest BCUT2D eigenvalue weighted by atomic mass is 31.2. The number of hydrogen-bond donors (Lipinski definition) is 3. The molecular formula is C42H58F3N6O7P. The van der Waals surface area contributed by atoms with Crippen LogP contribution in [0, 0.1) is 17.7 Å². The average molecular weight is 847 g/mol. The van der Waals surface area contributed by atoms with Crippen LogP contribution in [0.25, 0.3) is 11.2 Å². The first kappa shape index (κ1) is 46.0. The lowest BCUT2D eigenvalue weighted by Gasteiger charge is -2.31. The number of hydrogen-bond acceptors (Lipinski definition) is 11. The lowest BCUT2D eigenvalue weighted by molar-refractivity contribution is -0.146. The van der Waals surface area contributed by atoms with E-state index in [-0.39, 0.29) is 47.7 Å². The smallest absolute Gasteiger partial charge is 0.459 e. The molecule has 0 saturated carbocycles. The number of aliphatic hydroxyl groups excluding tert-OH is 1. The van der Waals surface area contributed by atoms with Gasteiger partial charge in [-0.2, -0.15) is 19.4 Å². The molecule has 4 aromatic rings. The fraction of sp³-hybridized carbons (Fsp3) is 0.571. The molecule has 4 N–H and O–H groups in total. The van der Waals surface area contributed by atoms with E-state index in [4.69, 9.17) is 24.3 Å². The zero-order chi connectivity index (χ0) is 42.3. The van der Waals surface area contributed by atoms with Crippen molar-refractivity contribution in [3.05, 3.63) is 78.1 Å². The molecule has 1 fully saturated rings. The van der Waals surface area contributed by atoms with E-state index in [1.807, 2.05) is 0 Å². The highest BCUT2D eigenvalue weighted by molar-refractivity contribution is 7.52. The van der Waals surface area contributed by atoms with Gasteiger partial charge in [0.2, 0.25) is 0 Å². The van der Waals surface area contributed by atoms with E-state index in [9.17, 15) is 27.6 Å². The molecule has 3 heterocycles. The molecular weight excluding hydrogens is 788 g/mol. The van der Waals surface area contributed by atoms with Crippen molar-refractivity contribution in [2.45, 2.75) is 141 Å². The molecule has 59 heavy (non-hydrogen) atoms. The number of unbranched alkanes of at least 4 members (excludes halogenated alkanes) is 13. The van der Waals surface area contributed by atoms with E-state index in [0.717, 1.165) is 37.8 Å². The van der Waals surface area contributed by atoms with Crippen molar-refractivity contribution in [2.24, 2.45) is 0 Å². The van der Waals surface area contributed by atoms with Gasteiger partial charge in [-0.05, 0) is 49.6 Å². The topological polar surface area (TPSA) is 173 Å². The molecule has 0 amide bonds. The Bertz CT molecular complexity index is 1960. The fourth-order valence-corrected chi connectivity index (χ4v) is 8.71. The fourth-order valence-electron chi connectivity index (χ4n) is 7.13. The van der Waals surface area contributed by atoms with E-state index in [1.54, 1.807) is 18.2 Å². The second-order valence-corrected chi connectivity index (χ2v) is 17.1. The van der Waals surface area contributed by atoms with Gasteiger partial charge in [-0.25, -0.2) is 18.3 Å². The van der Waals surface area contributed by atoms with E-state index >= 15 is 0 Å². The van der Waals surface area contributed by atoms with Crippen LogP contribution in [-0.2, 0) is 29.8 Å². The van der Waals surface area contributed by atoms with Crippen LogP contribution >= 0.6 is 7.75 Å². The highest BCUT2D eigenvalue weighted by Gasteiger charge is 2.48. The summed E-state index contributed by atoms with van der Waals surface area (Å²) in [5, 5.41) is 13.9. The minimum absolute atomic E-state index is 0.0204. The number of aromatic nitrogens is 4. The molecule has 5 rings (SSSR count). The minimum Gasteiger partial charge on any atom is -0.465 e. The van der Waals surface area contributed by atoms with Crippen molar-refractivity contribution in [1.82, 2.24) is 24.6 Å². The third-order valence-corrected chi connectivity index (χ3v) is 12.0. The van der Waals surface area contributed by atoms with Gasteiger partial charge in [0.15, 0.2) is 17.0 Å². The molecule has 2 aromatic heterocycles. The zero-order valence-corrected chi connectivity index (χ0v) is 34.9. The maximum Gasteiger partial charge on any atom is 0.459 e. The Balaban J connectivity index is 1.21. The Morgan fingerprint density at radius 2 is 1.58 bits per heavy atom. The van der Waals surface area contributed by atoms with Gasteiger partial charge in [0.25, 0.3) is 0 Å². The number of halogens is 3. The molecule has 0 aliphatic carbocycles. The first-order valence-electron chi connectivity index (χ1n) is 20.8. The van der Waals surface area contributed by atoms with Crippen LogP contribution in [0.5, 0.6) is 5.75 Å². The average Bonchev–Trinajstić information content (AvgIpc) is 3.75. The molecule has 1 aliphatic heterocycles. The Hall–Kier alpha value is -4.08. The minimum atomic E-state index is -4.58. The van der Waals surface area contributed by atoms with Crippen molar-refractivity contribution in [3.8, 4) is 5.75 Å². The number of benzene rings is 2. The summed E-state index contributed by atoms with van der Waals surface area (Å²) in [6.07, 6.45) is 14.1. The number of esters is 1. The summed E-state index contributed by atoms with van der Waals surface area (Å²) in [5.74, 6) is -2.59. The van der Waals surface area contributed by atoms with E-state index in [1.165, 1.54) is 87.7 Å². The van der Waals surface area contributed by atoms with Gasteiger partial charge in [0, 0.05) is 12.5 Å². The summed E-state index contributed by atoms with van der Waals surface area (Å²) >= 11 is 0. The summed E-state index contributed by atoms with van der Waals surface area (Å²) in [6.45, 7) is 3.30. The van der Waals surface area contributed by atoms with Gasteiger partial charge in [0.1, 0.15) is 35.3 Å². The van der Waals surface area contributed by atoms with Gasteiger partial charge in [-0.1, -0.05) is 109 Å². The molecule has 1 saturated heterocycles. The number of nitrogens with zero attached hydrogens (tertiary/aromatic N) is 4. The molecule has 2 aromatic carbocycles. The number of carbonyl (C=O) groups excluding carboxylic acids is 1. The Morgan fingerprint density at radius 3 is 2.20 bits per heavy atom. The molecule has 13 nitrogen and oxygen atoms in total. The van der Waals surface area contributed by atoms with Crippen molar-refractivity contribution in [2.75, 3.05) is 18.9 Å². The zero-order valence-electron chi connectivity index (χ0n) is 34.0. The summed E-state index contributed by atoms with van der Waals surface area (Å²) < 4.78 is 82.3. The number of nitrogens with one attached hydrogen (secondary N) is 1. The Morgan fingerprint density at radius 1 is 0.966 bits per heavy atom. The number of nitrogen functional groups attached to an aromatic ring is 1. The third-order valence-electron chi connectivity index (χ3n) is 10.5. The van der Waals surface area contributed by atoms with Crippen molar-refractivity contribution in [3.63, 3.8) is 0 Å². The lowest BCUT2D eigenvalue weighted by Crippen LogP contribution is -2.43. The van der Waals surface area contributed by atoms with Crippen LogP contribution < -0.4 is 15.3 Å². The molecule has 324 valence electrons. The summed E-state index contributed by atoms with van der Waals surface area (Å²) in [7, 11) is -4.58. The van der Waals surface area contributed by atoms with Gasteiger partial charge in [-0.15, -0.1) is 0 Å². The van der Waals surface area contributed by atoms with Crippen LogP contribution in [0.2, 0.25) is 0 Å². The predicted molar refractivity (Wildman–Crippen MR) is 218 cm³/mol. The molecule has 1 aliphatic rings. The first-order chi connectivity index (χ1) is 28.4. The SMILES string of the molecule is CCCCCCCCCCCCCCCCOC(=O)[C@H](Cc1cc(F)cc(F)c1)NP(=O)(OC[C@@]1(C)O[C@@H](n2cnc3c(N)nc(F)nc32)C[C@@H]1O)Oc1ccccc1. The summed E-state index contributed by atoms with van der Waals surface area (Å²) in [5.41, 5.74) is 4.57. The first-order valence-corrected chi connectivity index (χ1v) is 22.3. The molecule has 0 spiro atoms. The van der Waals surface area contributed by atoms with Crippen molar-refractivity contribution < 1.29 is 46.2 Å². The van der Waals surface area contributed by atoms with Crippen LogP contribution in [0.4, 0.5) is 19.0 Å². The van der Waals surface area contributed by atoms with Gasteiger partial charge in [-0.3, -0.25) is 13.9 Å². The van der Waals surface area contributed by atoms with Crippen LogP contribution in [0.3, 0.4) is 0 Å². The Kier molecular flexibility index (Phi) is 17.5. The standard InChI is InChI=1S/C42H58F3N6O7P/c1-3-4-5-6-7-8-9-10-11-12-13-14-15-19-22-55-40(53)34(25-30-23-31(43)26-32(44)24-30)50-59(54,58-33-20-17-16-18-21-33)56-28-42(2)35(52)27-36(57-42)51-29-47-37-38(46)48-41(45)49-39(37)51/h16-18,20-21,23-24,26,29,34-36,52H,3-15,19,22,25,27-28H2,1-2H3,(H,50,54)(H2,46,48,49)/t34-,35-,36+,42+,59?/m0/s1. The van der Waals surface area contributed by atoms with Crippen molar-refractivity contribution in [1.29, 1.82) is 0 Å². The maximum atomic E-state index is 14.7. The van der Waals surface area contributed by atoms with E-state index < -0.39 is 62.0 Å². The van der Waals surface area contributed by atoms with Crippen molar-refractivity contribution >= 4 is 30.7 Å². The number of nitrogens with two attached hydrogens (primary N) is 1.